The Morgan fingerprint density at radius 2 is 1.89 bits per heavy atom. The first kappa shape index (κ1) is 5.69. The molecule has 1 N–H and O–H groups in total. The van der Waals surface area contributed by atoms with Crippen LogP contribution in [0.2, 0.25) is 0 Å². The third kappa shape index (κ3) is 0.864. The molecule has 0 aromatic heterocycles. The van der Waals surface area contributed by atoms with Crippen molar-refractivity contribution in [1.82, 2.24) is 0 Å². The van der Waals surface area contributed by atoms with E-state index in [9.17, 15) is 5.11 Å². The first-order chi connectivity index (χ1) is 4.36. The highest BCUT2D eigenvalue weighted by atomic mass is 16.5. The van der Waals surface area contributed by atoms with Crippen molar-refractivity contribution in [3.63, 3.8) is 0 Å². The van der Waals surface area contributed by atoms with Gasteiger partial charge in [0.05, 0.1) is 18.3 Å². The van der Waals surface area contributed by atoms with Crippen LogP contribution in [0.5, 0.6) is 0 Å². The van der Waals surface area contributed by atoms with Crippen molar-refractivity contribution in [3.05, 3.63) is 0 Å². The van der Waals surface area contributed by atoms with Gasteiger partial charge >= 0.3 is 0 Å². The first-order valence-electron chi connectivity index (χ1n) is 3.70. The Bertz CT molecular complexity index is 113. The van der Waals surface area contributed by atoms with E-state index in [0.717, 1.165) is 19.3 Å². The van der Waals surface area contributed by atoms with Gasteiger partial charge in [-0.1, -0.05) is 0 Å². The van der Waals surface area contributed by atoms with Gasteiger partial charge in [0.2, 0.25) is 0 Å². The van der Waals surface area contributed by atoms with Crippen LogP contribution in [0.15, 0.2) is 0 Å². The molecule has 52 valence electrons. The van der Waals surface area contributed by atoms with Crippen LogP contribution in [0.25, 0.3) is 0 Å². The highest BCUT2D eigenvalue weighted by molar-refractivity contribution is 4.85. The summed E-state index contributed by atoms with van der Waals surface area (Å²) in [5, 5.41) is 9.27. The van der Waals surface area contributed by atoms with Crippen LogP contribution in [-0.4, -0.2) is 23.4 Å². The predicted molar refractivity (Wildman–Crippen MR) is 33.1 cm³/mol. The molecule has 2 bridgehead atoms. The Hall–Kier alpha value is -0.0800. The molecule has 0 aromatic rings. The molecule has 0 amide bonds. The molecular formula is C7H12O2. The van der Waals surface area contributed by atoms with Crippen molar-refractivity contribution in [2.75, 3.05) is 0 Å². The summed E-state index contributed by atoms with van der Waals surface area (Å²) in [7, 11) is 0. The molecule has 1 unspecified atom stereocenters. The zero-order valence-electron chi connectivity index (χ0n) is 5.42. The minimum Gasteiger partial charge on any atom is -0.390 e. The van der Waals surface area contributed by atoms with Crippen LogP contribution < -0.4 is 0 Å². The molecule has 2 aliphatic heterocycles. The molecule has 0 spiro atoms. The average molecular weight is 128 g/mol. The zero-order valence-corrected chi connectivity index (χ0v) is 5.42. The summed E-state index contributed by atoms with van der Waals surface area (Å²) in [6.45, 7) is 0. The van der Waals surface area contributed by atoms with E-state index < -0.39 is 0 Å². The molecule has 0 radical (unpaired) electrons. The van der Waals surface area contributed by atoms with E-state index in [0.29, 0.717) is 6.10 Å². The lowest BCUT2D eigenvalue weighted by atomic mass is 10.1. The number of rotatable bonds is 0. The fourth-order valence-corrected chi connectivity index (χ4v) is 1.77. The molecule has 2 saturated heterocycles. The smallest absolute Gasteiger partial charge is 0.0838 e. The van der Waals surface area contributed by atoms with Gasteiger partial charge in [-0.05, 0) is 25.7 Å². The van der Waals surface area contributed by atoms with Gasteiger partial charge in [-0.2, -0.15) is 0 Å². The van der Waals surface area contributed by atoms with Gasteiger partial charge in [0, 0.05) is 0 Å². The van der Waals surface area contributed by atoms with Crippen molar-refractivity contribution in [2.24, 2.45) is 0 Å². The summed E-state index contributed by atoms with van der Waals surface area (Å²) in [6.07, 6.45) is 4.77. The lowest BCUT2D eigenvalue weighted by molar-refractivity contribution is -0.0746. The van der Waals surface area contributed by atoms with E-state index in [-0.39, 0.29) is 12.2 Å². The van der Waals surface area contributed by atoms with Crippen LogP contribution in [0.4, 0.5) is 0 Å². The van der Waals surface area contributed by atoms with Crippen molar-refractivity contribution in [1.29, 1.82) is 0 Å². The zero-order chi connectivity index (χ0) is 6.27. The van der Waals surface area contributed by atoms with E-state index in [4.69, 9.17) is 4.74 Å². The second kappa shape index (κ2) is 1.96. The quantitative estimate of drug-likeness (QED) is 0.520. The maximum Gasteiger partial charge on any atom is 0.0838 e. The summed E-state index contributed by atoms with van der Waals surface area (Å²) < 4.78 is 5.46. The molecule has 2 heterocycles. The largest absolute Gasteiger partial charge is 0.390 e. The number of hydrogen-bond donors (Lipinski definition) is 1. The number of ether oxygens (including phenoxy) is 1. The molecular weight excluding hydrogens is 116 g/mol. The maximum absolute atomic E-state index is 9.27. The molecule has 2 fully saturated rings. The number of aliphatic hydroxyl groups is 1. The Labute approximate surface area is 54.8 Å². The molecule has 0 aliphatic carbocycles. The molecule has 2 aliphatic rings. The van der Waals surface area contributed by atoms with Crippen LogP contribution in [0, 0.1) is 0 Å². The van der Waals surface area contributed by atoms with Crippen molar-refractivity contribution in [3.8, 4) is 0 Å². The highest BCUT2D eigenvalue weighted by Crippen LogP contribution is 2.32. The topological polar surface area (TPSA) is 29.5 Å². The van der Waals surface area contributed by atoms with Crippen molar-refractivity contribution < 1.29 is 9.84 Å². The number of aliphatic hydroxyl groups excluding tert-OH is 1. The lowest BCUT2D eigenvalue weighted by Gasteiger charge is -2.24. The Morgan fingerprint density at radius 1 is 1.11 bits per heavy atom. The summed E-state index contributed by atoms with van der Waals surface area (Å²) >= 11 is 0. The molecule has 2 nitrogen and oxygen atoms in total. The van der Waals surface area contributed by atoms with E-state index >= 15 is 0 Å². The lowest BCUT2D eigenvalue weighted by Crippen LogP contribution is -2.31. The van der Waals surface area contributed by atoms with Crippen molar-refractivity contribution in [2.45, 2.75) is 44.0 Å². The van der Waals surface area contributed by atoms with Gasteiger partial charge in [0.25, 0.3) is 0 Å². The number of fused-ring (bicyclic) bond motifs is 2. The maximum atomic E-state index is 9.27. The highest BCUT2D eigenvalue weighted by Gasteiger charge is 2.35. The van der Waals surface area contributed by atoms with Gasteiger partial charge in [-0.25, -0.2) is 0 Å². The van der Waals surface area contributed by atoms with E-state index in [2.05, 4.69) is 0 Å². The molecule has 0 aromatic carbocycles. The summed E-state index contributed by atoms with van der Waals surface area (Å²) in [5.74, 6) is 0. The standard InChI is InChI=1S/C7H12O2/c8-6-3-1-5-2-4-7(6)9-5/h5-8H,1-4H2/t5-,6?,7-/m0/s1. The number of hydrogen-bond acceptors (Lipinski definition) is 2. The normalized spacial score (nSPS) is 49.7. The Kier molecular flexibility index (Phi) is 1.24. The summed E-state index contributed by atoms with van der Waals surface area (Å²) in [5.41, 5.74) is 0. The van der Waals surface area contributed by atoms with Crippen LogP contribution in [-0.2, 0) is 4.74 Å². The van der Waals surface area contributed by atoms with Crippen LogP contribution in [0.1, 0.15) is 25.7 Å². The van der Waals surface area contributed by atoms with Crippen LogP contribution in [0.3, 0.4) is 0 Å². The SMILES string of the molecule is OC1CC[C@H]2CC[C@@H]1O2. The molecule has 2 heteroatoms. The third-order valence-electron chi connectivity index (χ3n) is 2.35. The summed E-state index contributed by atoms with van der Waals surface area (Å²) in [4.78, 5) is 0. The second-order valence-electron chi connectivity index (χ2n) is 3.02. The second-order valence-corrected chi connectivity index (χ2v) is 3.02. The van der Waals surface area contributed by atoms with Gasteiger partial charge in [-0.15, -0.1) is 0 Å². The van der Waals surface area contributed by atoms with E-state index in [1.54, 1.807) is 0 Å². The molecule has 0 saturated carbocycles. The fourth-order valence-electron chi connectivity index (χ4n) is 1.77. The van der Waals surface area contributed by atoms with Crippen LogP contribution >= 0.6 is 0 Å². The molecule has 9 heavy (non-hydrogen) atoms. The average Bonchev–Trinajstić information content (AvgIpc) is 2.25. The van der Waals surface area contributed by atoms with Gasteiger partial charge in [-0.3, -0.25) is 0 Å². The minimum absolute atomic E-state index is 0.163. The van der Waals surface area contributed by atoms with Gasteiger partial charge in [0.1, 0.15) is 0 Å². The Morgan fingerprint density at radius 3 is 2.67 bits per heavy atom. The Balaban J connectivity index is 2.05. The molecule has 2 rings (SSSR count). The van der Waals surface area contributed by atoms with E-state index in [1.165, 1.54) is 6.42 Å². The van der Waals surface area contributed by atoms with Crippen molar-refractivity contribution >= 4 is 0 Å². The van der Waals surface area contributed by atoms with Gasteiger partial charge in [0.15, 0.2) is 0 Å². The summed E-state index contributed by atoms with van der Waals surface area (Å²) in [6, 6.07) is 0. The van der Waals surface area contributed by atoms with Gasteiger partial charge < -0.3 is 9.84 Å². The monoisotopic (exact) mass is 128 g/mol. The minimum atomic E-state index is -0.163. The van der Waals surface area contributed by atoms with E-state index in [1.807, 2.05) is 0 Å². The first-order valence-corrected chi connectivity index (χ1v) is 3.70. The third-order valence-corrected chi connectivity index (χ3v) is 2.35. The molecule has 3 atom stereocenters. The predicted octanol–water partition coefficient (Wildman–Crippen LogP) is 0.689. The fraction of sp³-hybridized carbons (Fsp3) is 1.00.